The maximum Gasteiger partial charge on any atom is 0.137 e. The standard InChI is InChI=1S/C15H13ClN2O/c1-19-13-4-2-3-12(8-13)14-10-18-6-5-11(9-16)7-15(18)17-14/h2-8,10H,9H2,1H3. The first-order chi connectivity index (χ1) is 9.30. The van der Waals surface area contributed by atoms with E-state index in [2.05, 4.69) is 4.98 Å². The summed E-state index contributed by atoms with van der Waals surface area (Å²) in [5, 5.41) is 0. The molecule has 3 aromatic rings. The van der Waals surface area contributed by atoms with Gasteiger partial charge in [-0.3, -0.25) is 0 Å². The molecule has 0 aliphatic heterocycles. The highest BCUT2D eigenvalue weighted by atomic mass is 35.5. The highest BCUT2D eigenvalue weighted by molar-refractivity contribution is 6.17. The Labute approximate surface area is 116 Å². The van der Waals surface area contributed by atoms with Crippen LogP contribution < -0.4 is 4.74 Å². The first kappa shape index (κ1) is 12.1. The summed E-state index contributed by atoms with van der Waals surface area (Å²) in [7, 11) is 1.66. The van der Waals surface area contributed by atoms with Crippen molar-refractivity contribution in [2.75, 3.05) is 7.11 Å². The number of methoxy groups -OCH3 is 1. The summed E-state index contributed by atoms with van der Waals surface area (Å²) < 4.78 is 7.23. The van der Waals surface area contributed by atoms with Crippen molar-refractivity contribution >= 4 is 17.2 Å². The molecule has 2 heterocycles. The van der Waals surface area contributed by atoms with Crippen LogP contribution in [0.2, 0.25) is 0 Å². The number of rotatable bonds is 3. The van der Waals surface area contributed by atoms with E-state index in [0.29, 0.717) is 5.88 Å². The van der Waals surface area contributed by atoms with E-state index >= 15 is 0 Å². The number of hydrogen-bond acceptors (Lipinski definition) is 2. The molecule has 0 spiro atoms. The van der Waals surface area contributed by atoms with E-state index in [1.807, 2.05) is 53.2 Å². The number of fused-ring (bicyclic) bond motifs is 1. The normalized spacial score (nSPS) is 10.8. The number of benzene rings is 1. The van der Waals surface area contributed by atoms with Crippen molar-refractivity contribution in [3.63, 3.8) is 0 Å². The van der Waals surface area contributed by atoms with E-state index in [1.165, 1.54) is 0 Å². The van der Waals surface area contributed by atoms with E-state index in [9.17, 15) is 0 Å². The van der Waals surface area contributed by atoms with Crippen LogP contribution in [0.25, 0.3) is 16.9 Å². The molecule has 1 aromatic carbocycles. The Kier molecular flexibility index (Phi) is 3.13. The second-order valence-electron chi connectivity index (χ2n) is 4.29. The summed E-state index contributed by atoms with van der Waals surface area (Å²) in [4.78, 5) is 4.62. The van der Waals surface area contributed by atoms with Gasteiger partial charge >= 0.3 is 0 Å². The maximum atomic E-state index is 5.84. The smallest absolute Gasteiger partial charge is 0.137 e. The van der Waals surface area contributed by atoms with Crippen LogP contribution in [0.3, 0.4) is 0 Å². The van der Waals surface area contributed by atoms with Gasteiger partial charge in [-0.1, -0.05) is 12.1 Å². The largest absolute Gasteiger partial charge is 0.497 e. The molecule has 0 unspecified atom stereocenters. The van der Waals surface area contributed by atoms with Crippen LogP contribution in [-0.2, 0) is 5.88 Å². The summed E-state index contributed by atoms with van der Waals surface area (Å²) in [6, 6.07) is 11.9. The molecule has 0 aliphatic carbocycles. The van der Waals surface area contributed by atoms with Crippen molar-refractivity contribution in [3.05, 3.63) is 54.4 Å². The van der Waals surface area contributed by atoms with Gasteiger partial charge in [-0.2, -0.15) is 0 Å². The Bertz CT molecular complexity index is 721. The first-order valence-electron chi connectivity index (χ1n) is 5.98. The van der Waals surface area contributed by atoms with E-state index < -0.39 is 0 Å². The lowest BCUT2D eigenvalue weighted by molar-refractivity contribution is 0.415. The van der Waals surface area contributed by atoms with Crippen LogP contribution in [0.15, 0.2) is 48.8 Å². The van der Waals surface area contributed by atoms with Crippen molar-refractivity contribution in [1.29, 1.82) is 0 Å². The molecule has 4 heteroatoms. The zero-order valence-electron chi connectivity index (χ0n) is 10.5. The molecule has 0 fully saturated rings. The minimum Gasteiger partial charge on any atom is -0.497 e. The third kappa shape index (κ3) is 2.29. The molecule has 0 N–H and O–H groups in total. The van der Waals surface area contributed by atoms with Gasteiger partial charge in [0.1, 0.15) is 11.4 Å². The van der Waals surface area contributed by atoms with Gasteiger partial charge < -0.3 is 9.14 Å². The molecule has 3 nitrogen and oxygen atoms in total. The minimum absolute atomic E-state index is 0.498. The molecule has 0 radical (unpaired) electrons. The second-order valence-corrected chi connectivity index (χ2v) is 4.56. The molecule has 0 saturated heterocycles. The highest BCUT2D eigenvalue weighted by Crippen LogP contribution is 2.23. The average Bonchev–Trinajstić information content (AvgIpc) is 2.90. The minimum atomic E-state index is 0.498. The quantitative estimate of drug-likeness (QED) is 0.679. The molecule has 0 atom stereocenters. The fraction of sp³-hybridized carbons (Fsp3) is 0.133. The lowest BCUT2D eigenvalue weighted by atomic mass is 10.1. The van der Waals surface area contributed by atoms with Crippen molar-refractivity contribution < 1.29 is 4.74 Å². The number of aromatic nitrogens is 2. The monoisotopic (exact) mass is 272 g/mol. The SMILES string of the molecule is COc1cccc(-c2cn3ccc(CCl)cc3n2)c1. The van der Waals surface area contributed by atoms with Gasteiger partial charge in [0.15, 0.2) is 0 Å². The highest BCUT2D eigenvalue weighted by Gasteiger charge is 2.05. The van der Waals surface area contributed by atoms with Crippen LogP contribution in [0.4, 0.5) is 0 Å². The van der Waals surface area contributed by atoms with Gasteiger partial charge in [0.2, 0.25) is 0 Å². The van der Waals surface area contributed by atoms with Crippen LogP contribution in [0.1, 0.15) is 5.56 Å². The molecule has 0 amide bonds. The summed E-state index contributed by atoms with van der Waals surface area (Å²) in [5.41, 5.74) is 3.93. The summed E-state index contributed by atoms with van der Waals surface area (Å²) in [6.07, 6.45) is 3.98. The van der Waals surface area contributed by atoms with Crippen LogP contribution in [0, 0.1) is 0 Å². The third-order valence-electron chi connectivity index (χ3n) is 3.04. The molecule has 0 saturated carbocycles. The van der Waals surface area contributed by atoms with Gasteiger partial charge in [-0.15, -0.1) is 11.6 Å². The molecule has 0 aliphatic rings. The second kappa shape index (κ2) is 4.94. The Morgan fingerprint density at radius 3 is 2.95 bits per heavy atom. The average molecular weight is 273 g/mol. The van der Waals surface area contributed by atoms with Crippen LogP contribution in [-0.4, -0.2) is 16.5 Å². The maximum absolute atomic E-state index is 5.84. The van der Waals surface area contributed by atoms with Crippen molar-refractivity contribution in [2.24, 2.45) is 0 Å². The van der Waals surface area contributed by atoms with Gasteiger partial charge in [0, 0.05) is 23.8 Å². The zero-order chi connectivity index (χ0) is 13.2. The molecular weight excluding hydrogens is 260 g/mol. The molecule has 2 aromatic heterocycles. The fourth-order valence-corrected chi connectivity index (χ4v) is 2.19. The summed E-state index contributed by atoms with van der Waals surface area (Å²) in [5.74, 6) is 1.33. The number of ether oxygens (including phenoxy) is 1. The molecular formula is C15H13ClN2O. The van der Waals surface area contributed by atoms with E-state index in [0.717, 1.165) is 28.2 Å². The van der Waals surface area contributed by atoms with E-state index in [-0.39, 0.29) is 0 Å². The van der Waals surface area contributed by atoms with E-state index in [1.54, 1.807) is 7.11 Å². The number of imidazole rings is 1. The lowest BCUT2D eigenvalue weighted by Gasteiger charge is -2.00. The molecule has 3 rings (SSSR count). The molecule has 19 heavy (non-hydrogen) atoms. The Morgan fingerprint density at radius 1 is 1.26 bits per heavy atom. The van der Waals surface area contributed by atoms with Gasteiger partial charge in [0.05, 0.1) is 12.8 Å². The fourth-order valence-electron chi connectivity index (χ4n) is 2.03. The number of hydrogen-bond donors (Lipinski definition) is 0. The Balaban J connectivity index is 2.09. The van der Waals surface area contributed by atoms with Crippen LogP contribution >= 0.6 is 11.6 Å². The lowest BCUT2D eigenvalue weighted by Crippen LogP contribution is -1.84. The van der Waals surface area contributed by atoms with Crippen LogP contribution in [0.5, 0.6) is 5.75 Å². The van der Waals surface area contributed by atoms with Crippen molar-refractivity contribution in [3.8, 4) is 17.0 Å². The van der Waals surface area contributed by atoms with Crippen molar-refractivity contribution in [2.45, 2.75) is 5.88 Å². The van der Waals surface area contributed by atoms with Gasteiger partial charge in [-0.25, -0.2) is 4.98 Å². The Morgan fingerprint density at radius 2 is 2.16 bits per heavy atom. The Hall–Kier alpha value is -2.00. The first-order valence-corrected chi connectivity index (χ1v) is 6.51. The number of nitrogens with zero attached hydrogens (tertiary/aromatic N) is 2. The van der Waals surface area contributed by atoms with E-state index in [4.69, 9.17) is 16.3 Å². The number of alkyl halides is 1. The predicted octanol–water partition coefficient (Wildman–Crippen LogP) is 3.75. The molecule has 96 valence electrons. The topological polar surface area (TPSA) is 26.5 Å². The van der Waals surface area contributed by atoms with Gasteiger partial charge in [-0.05, 0) is 29.8 Å². The van der Waals surface area contributed by atoms with Crippen molar-refractivity contribution in [1.82, 2.24) is 9.38 Å². The summed E-state index contributed by atoms with van der Waals surface area (Å²) >= 11 is 5.84. The molecule has 0 bridgehead atoms. The number of halogens is 1. The summed E-state index contributed by atoms with van der Waals surface area (Å²) in [6.45, 7) is 0. The predicted molar refractivity (Wildman–Crippen MR) is 76.7 cm³/mol. The zero-order valence-corrected chi connectivity index (χ0v) is 11.3. The third-order valence-corrected chi connectivity index (χ3v) is 3.35. The number of pyridine rings is 1. The van der Waals surface area contributed by atoms with Gasteiger partial charge in [0.25, 0.3) is 0 Å².